The van der Waals surface area contributed by atoms with Crippen LogP contribution in [0.2, 0.25) is 0 Å². The number of carbonyl (C=O) groups is 1. The number of rotatable bonds is 7. The number of carbonyl (C=O) groups excluding carboxylic acids is 1. The molecule has 6 nitrogen and oxygen atoms in total. The second kappa shape index (κ2) is 9.65. The molecular formula is C21H26FN3O3S. The quantitative estimate of drug-likeness (QED) is 0.691. The van der Waals surface area contributed by atoms with Crippen molar-refractivity contribution in [3.05, 3.63) is 46.7 Å². The number of amides is 1. The molecule has 1 unspecified atom stereocenters. The SMILES string of the molecule is O=C1COC(COc2ccc(F)cc2)CN1C1CCN(CCc2cscn2)CC1. The number of ether oxygens (including phenoxy) is 2. The number of halogens is 1. The summed E-state index contributed by atoms with van der Waals surface area (Å²) >= 11 is 1.64. The highest BCUT2D eigenvalue weighted by Crippen LogP contribution is 2.21. The van der Waals surface area contributed by atoms with Crippen LogP contribution in [0.25, 0.3) is 0 Å². The minimum atomic E-state index is -0.291. The van der Waals surface area contributed by atoms with Gasteiger partial charge >= 0.3 is 0 Å². The van der Waals surface area contributed by atoms with Gasteiger partial charge in [0.05, 0.1) is 17.7 Å². The third-order valence-electron chi connectivity index (χ3n) is 5.58. The molecule has 29 heavy (non-hydrogen) atoms. The molecule has 4 rings (SSSR count). The van der Waals surface area contributed by atoms with Crippen molar-refractivity contribution in [2.24, 2.45) is 0 Å². The second-order valence-corrected chi connectivity index (χ2v) is 8.27. The van der Waals surface area contributed by atoms with Crippen molar-refractivity contribution in [2.75, 3.05) is 39.4 Å². The smallest absolute Gasteiger partial charge is 0.248 e. The first-order valence-electron chi connectivity index (χ1n) is 10.1. The van der Waals surface area contributed by atoms with Gasteiger partial charge in [-0.1, -0.05) is 0 Å². The Morgan fingerprint density at radius 1 is 1.24 bits per heavy atom. The van der Waals surface area contributed by atoms with Crippen LogP contribution in [0, 0.1) is 5.82 Å². The molecule has 2 aliphatic rings. The Bertz CT molecular complexity index is 779. The van der Waals surface area contributed by atoms with Crippen LogP contribution >= 0.6 is 11.3 Å². The van der Waals surface area contributed by atoms with Gasteiger partial charge in [-0.2, -0.15) is 0 Å². The molecule has 2 fully saturated rings. The first-order chi connectivity index (χ1) is 14.2. The summed E-state index contributed by atoms with van der Waals surface area (Å²) in [5.74, 6) is 0.372. The number of hydrogen-bond acceptors (Lipinski definition) is 6. The van der Waals surface area contributed by atoms with Crippen molar-refractivity contribution in [1.82, 2.24) is 14.8 Å². The summed E-state index contributed by atoms with van der Waals surface area (Å²) < 4.78 is 24.4. The Morgan fingerprint density at radius 2 is 2.03 bits per heavy atom. The molecule has 1 aromatic heterocycles. The molecule has 156 valence electrons. The molecule has 0 radical (unpaired) electrons. The fraction of sp³-hybridized carbons (Fsp3) is 0.524. The molecule has 0 saturated carbocycles. The first kappa shape index (κ1) is 20.3. The monoisotopic (exact) mass is 419 g/mol. The Kier molecular flexibility index (Phi) is 6.74. The maximum atomic E-state index is 13.0. The zero-order chi connectivity index (χ0) is 20.1. The van der Waals surface area contributed by atoms with E-state index in [-0.39, 0.29) is 30.5 Å². The predicted octanol–water partition coefficient (Wildman–Crippen LogP) is 2.60. The number of morpholine rings is 1. The normalized spacial score (nSPS) is 21.5. The van der Waals surface area contributed by atoms with Crippen LogP contribution < -0.4 is 4.74 Å². The van der Waals surface area contributed by atoms with E-state index in [1.807, 2.05) is 10.4 Å². The van der Waals surface area contributed by atoms with Crippen LogP contribution in [0.3, 0.4) is 0 Å². The van der Waals surface area contributed by atoms with Gasteiger partial charge in [0, 0.05) is 37.5 Å². The molecule has 2 aromatic rings. The molecule has 2 aliphatic heterocycles. The Labute approximate surface area is 174 Å². The molecule has 1 atom stereocenters. The van der Waals surface area contributed by atoms with Gasteiger partial charge in [-0.15, -0.1) is 11.3 Å². The van der Waals surface area contributed by atoms with Crippen LogP contribution in [0.1, 0.15) is 18.5 Å². The van der Waals surface area contributed by atoms with Gasteiger partial charge in [-0.25, -0.2) is 9.37 Å². The highest BCUT2D eigenvalue weighted by Gasteiger charge is 2.33. The summed E-state index contributed by atoms with van der Waals surface area (Å²) in [6.45, 7) is 4.00. The number of benzene rings is 1. The van der Waals surface area contributed by atoms with E-state index in [0.717, 1.165) is 44.6 Å². The highest BCUT2D eigenvalue weighted by atomic mass is 32.1. The van der Waals surface area contributed by atoms with Crippen LogP contribution in [0.4, 0.5) is 4.39 Å². The van der Waals surface area contributed by atoms with E-state index in [1.165, 1.54) is 12.1 Å². The molecule has 3 heterocycles. The lowest BCUT2D eigenvalue weighted by Crippen LogP contribution is -2.55. The van der Waals surface area contributed by atoms with Crippen LogP contribution in [0.15, 0.2) is 35.2 Å². The van der Waals surface area contributed by atoms with E-state index >= 15 is 0 Å². The van der Waals surface area contributed by atoms with E-state index in [2.05, 4.69) is 15.3 Å². The van der Waals surface area contributed by atoms with Gasteiger partial charge in [-0.05, 0) is 37.1 Å². The third kappa shape index (κ3) is 5.52. The number of thiazole rings is 1. The molecule has 0 N–H and O–H groups in total. The van der Waals surface area contributed by atoms with Crippen molar-refractivity contribution in [1.29, 1.82) is 0 Å². The molecule has 0 aliphatic carbocycles. The summed E-state index contributed by atoms with van der Waals surface area (Å²) in [5, 5.41) is 2.10. The number of likely N-dealkylation sites (tertiary alicyclic amines) is 1. The minimum absolute atomic E-state index is 0.0592. The van der Waals surface area contributed by atoms with Gasteiger partial charge in [0.15, 0.2) is 0 Å². The molecule has 0 bridgehead atoms. The lowest BCUT2D eigenvalue weighted by Gasteiger charge is -2.42. The Hall–Kier alpha value is -2.03. The Morgan fingerprint density at radius 3 is 2.76 bits per heavy atom. The predicted molar refractivity (Wildman–Crippen MR) is 109 cm³/mol. The van der Waals surface area contributed by atoms with Gasteiger partial charge in [-0.3, -0.25) is 4.79 Å². The average molecular weight is 420 g/mol. The van der Waals surface area contributed by atoms with Gasteiger partial charge in [0.2, 0.25) is 5.91 Å². The molecule has 1 aromatic carbocycles. The summed E-state index contributed by atoms with van der Waals surface area (Å²) in [4.78, 5) is 21.2. The maximum Gasteiger partial charge on any atom is 0.248 e. The molecule has 0 spiro atoms. The summed E-state index contributed by atoms with van der Waals surface area (Å²) in [6, 6.07) is 6.20. The molecular weight excluding hydrogens is 393 g/mol. The van der Waals surface area contributed by atoms with E-state index in [4.69, 9.17) is 9.47 Å². The van der Waals surface area contributed by atoms with Crippen molar-refractivity contribution >= 4 is 17.2 Å². The van der Waals surface area contributed by atoms with Gasteiger partial charge in [0.25, 0.3) is 0 Å². The fourth-order valence-corrected chi connectivity index (χ4v) is 4.50. The standard InChI is InChI=1S/C21H26FN3O3S/c22-16-1-3-19(4-2-16)27-12-20-11-25(21(26)13-28-20)18-6-9-24(10-7-18)8-5-17-14-29-15-23-17/h1-4,14-15,18,20H,5-13H2. The molecule has 8 heteroatoms. The minimum Gasteiger partial charge on any atom is -0.491 e. The van der Waals surface area contributed by atoms with E-state index < -0.39 is 0 Å². The zero-order valence-electron chi connectivity index (χ0n) is 16.3. The lowest BCUT2D eigenvalue weighted by atomic mass is 10.0. The van der Waals surface area contributed by atoms with Crippen LogP contribution in [-0.2, 0) is 16.0 Å². The number of aromatic nitrogens is 1. The summed E-state index contributed by atoms with van der Waals surface area (Å²) in [6.07, 6.45) is 2.77. The van der Waals surface area contributed by atoms with Gasteiger partial charge < -0.3 is 19.3 Å². The fourth-order valence-electron chi connectivity index (χ4n) is 3.91. The van der Waals surface area contributed by atoms with Crippen molar-refractivity contribution in [3.8, 4) is 5.75 Å². The highest BCUT2D eigenvalue weighted by molar-refractivity contribution is 7.07. The van der Waals surface area contributed by atoms with E-state index in [1.54, 1.807) is 23.5 Å². The summed E-state index contributed by atoms with van der Waals surface area (Å²) in [5.41, 5.74) is 3.03. The maximum absolute atomic E-state index is 13.0. The van der Waals surface area contributed by atoms with Crippen molar-refractivity contribution in [2.45, 2.75) is 31.4 Å². The lowest BCUT2D eigenvalue weighted by molar-refractivity contribution is -0.155. The van der Waals surface area contributed by atoms with Crippen LogP contribution in [0.5, 0.6) is 5.75 Å². The number of hydrogen-bond donors (Lipinski definition) is 0. The van der Waals surface area contributed by atoms with E-state index in [9.17, 15) is 9.18 Å². The first-order valence-corrected chi connectivity index (χ1v) is 11.0. The number of nitrogens with zero attached hydrogens (tertiary/aromatic N) is 3. The topological polar surface area (TPSA) is 54.9 Å². The largest absolute Gasteiger partial charge is 0.491 e. The van der Waals surface area contributed by atoms with Crippen LogP contribution in [-0.4, -0.2) is 72.2 Å². The van der Waals surface area contributed by atoms with Crippen molar-refractivity contribution in [3.63, 3.8) is 0 Å². The average Bonchev–Trinajstić information content (AvgIpc) is 3.27. The van der Waals surface area contributed by atoms with Crippen molar-refractivity contribution < 1.29 is 18.7 Å². The Balaban J connectivity index is 1.23. The second-order valence-electron chi connectivity index (χ2n) is 7.55. The van der Waals surface area contributed by atoms with Gasteiger partial charge in [0.1, 0.15) is 30.9 Å². The summed E-state index contributed by atoms with van der Waals surface area (Å²) in [7, 11) is 0. The van der Waals surface area contributed by atoms with E-state index in [0.29, 0.717) is 18.9 Å². The zero-order valence-corrected chi connectivity index (χ0v) is 17.2. The number of piperidine rings is 1. The third-order valence-corrected chi connectivity index (χ3v) is 6.21. The molecule has 2 saturated heterocycles. The molecule has 1 amide bonds.